The summed E-state index contributed by atoms with van der Waals surface area (Å²) in [5, 5.41) is 9.95. The Bertz CT molecular complexity index is 1050. The maximum absolute atomic E-state index is 12.2. The van der Waals surface area contributed by atoms with Crippen LogP contribution in [0.3, 0.4) is 0 Å². The zero-order valence-electron chi connectivity index (χ0n) is 12.7. The summed E-state index contributed by atoms with van der Waals surface area (Å²) in [7, 11) is 1.58. The first kappa shape index (κ1) is 16.0. The van der Waals surface area contributed by atoms with Crippen LogP contribution in [0.15, 0.2) is 51.7 Å². The Morgan fingerprint density at radius 2 is 2.12 bits per heavy atom. The normalized spacial score (nSPS) is 11.3. The highest BCUT2D eigenvalue weighted by atomic mass is 79.9. The van der Waals surface area contributed by atoms with Gasteiger partial charge in [0.05, 0.1) is 28.1 Å². The van der Waals surface area contributed by atoms with Gasteiger partial charge < -0.3 is 9.72 Å². The first-order valence-electron chi connectivity index (χ1n) is 7.07. The molecule has 1 N–H and O–H groups in total. The van der Waals surface area contributed by atoms with Gasteiger partial charge in [0.15, 0.2) is 5.82 Å². The van der Waals surface area contributed by atoms with Crippen LogP contribution < -0.4 is 10.3 Å². The van der Waals surface area contributed by atoms with Gasteiger partial charge in [-0.25, -0.2) is 4.98 Å². The second-order valence-corrected chi connectivity index (χ2v) is 5.85. The molecule has 0 aliphatic rings. The molecule has 3 aromatic rings. The molecule has 0 aliphatic carbocycles. The Morgan fingerprint density at radius 1 is 1.33 bits per heavy atom. The molecule has 6 heteroatoms. The van der Waals surface area contributed by atoms with Gasteiger partial charge in [-0.05, 0) is 51.8 Å². The van der Waals surface area contributed by atoms with Crippen molar-refractivity contribution in [2.75, 3.05) is 7.11 Å². The second-order valence-electron chi connectivity index (χ2n) is 5.00. The van der Waals surface area contributed by atoms with Crippen LogP contribution >= 0.6 is 15.9 Å². The molecule has 2 aromatic carbocycles. The number of H-pyrrole nitrogens is 1. The van der Waals surface area contributed by atoms with Crippen molar-refractivity contribution in [3.05, 3.63) is 68.7 Å². The summed E-state index contributed by atoms with van der Waals surface area (Å²) < 4.78 is 5.96. The number of para-hydroxylation sites is 1. The summed E-state index contributed by atoms with van der Waals surface area (Å²) >= 11 is 3.41. The molecule has 0 bridgehead atoms. The first-order valence-corrected chi connectivity index (χ1v) is 7.86. The average Bonchev–Trinajstić information content (AvgIpc) is 2.59. The Hall–Kier alpha value is -2.91. The van der Waals surface area contributed by atoms with Gasteiger partial charge in [0.1, 0.15) is 11.8 Å². The van der Waals surface area contributed by atoms with Crippen molar-refractivity contribution in [2.24, 2.45) is 0 Å². The number of rotatable bonds is 3. The van der Waals surface area contributed by atoms with Gasteiger partial charge >= 0.3 is 0 Å². The monoisotopic (exact) mass is 381 g/mol. The molecule has 3 rings (SSSR count). The topological polar surface area (TPSA) is 78.8 Å². The zero-order chi connectivity index (χ0) is 17.1. The molecular formula is C18H12BrN3O2. The summed E-state index contributed by atoms with van der Waals surface area (Å²) in [6.07, 6.45) is 1.66. The number of ether oxygens (including phenoxy) is 1. The van der Waals surface area contributed by atoms with Crippen LogP contribution in [-0.2, 0) is 0 Å². The third kappa shape index (κ3) is 3.07. The quantitative estimate of drug-likeness (QED) is 0.700. The fraction of sp³-hybridized carbons (Fsp3) is 0.0556. The summed E-state index contributed by atoms with van der Waals surface area (Å²) in [5.74, 6) is 0.941. The number of aromatic nitrogens is 2. The highest BCUT2D eigenvalue weighted by molar-refractivity contribution is 9.10. The fourth-order valence-electron chi connectivity index (χ4n) is 2.31. The van der Waals surface area contributed by atoms with Crippen LogP contribution in [0.25, 0.3) is 22.6 Å². The fourth-order valence-corrected chi connectivity index (χ4v) is 2.87. The lowest BCUT2D eigenvalue weighted by molar-refractivity contribution is 0.412. The van der Waals surface area contributed by atoms with Crippen LogP contribution in [0.5, 0.6) is 5.75 Å². The molecule has 0 radical (unpaired) electrons. The van der Waals surface area contributed by atoms with Crippen molar-refractivity contribution in [3.8, 4) is 11.8 Å². The van der Waals surface area contributed by atoms with Crippen molar-refractivity contribution in [1.29, 1.82) is 5.26 Å². The lowest BCUT2D eigenvalue weighted by atomic mass is 10.1. The van der Waals surface area contributed by atoms with E-state index in [0.717, 1.165) is 10.0 Å². The molecule has 1 aromatic heterocycles. The maximum Gasteiger partial charge on any atom is 0.259 e. The predicted molar refractivity (Wildman–Crippen MR) is 96.5 cm³/mol. The van der Waals surface area contributed by atoms with Crippen molar-refractivity contribution < 1.29 is 4.74 Å². The Kier molecular flexibility index (Phi) is 4.45. The Balaban J connectivity index is 2.11. The molecule has 0 atom stereocenters. The molecule has 0 saturated heterocycles. The third-order valence-corrected chi connectivity index (χ3v) is 4.09. The number of nitriles is 1. The summed E-state index contributed by atoms with van der Waals surface area (Å²) in [4.78, 5) is 19.2. The van der Waals surface area contributed by atoms with Gasteiger partial charge in [0.2, 0.25) is 0 Å². The lowest BCUT2D eigenvalue weighted by Gasteiger charge is -2.05. The Morgan fingerprint density at radius 3 is 2.83 bits per heavy atom. The highest BCUT2D eigenvalue weighted by Crippen LogP contribution is 2.27. The third-order valence-electron chi connectivity index (χ3n) is 3.48. The van der Waals surface area contributed by atoms with E-state index in [1.54, 1.807) is 43.5 Å². The van der Waals surface area contributed by atoms with E-state index >= 15 is 0 Å². The number of hydrogen-bond donors (Lipinski definition) is 1. The highest BCUT2D eigenvalue weighted by Gasteiger charge is 2.09. The molecule has 24 heavy (non-hydrogen) atoms. The number of aromatic amines is 1. The Labute approximate surface area is 146 Å². The summed E-state index contributed by atoms with van der Waals surface area (Å²) in [6, 6.07) is 14.5. The predicted octanol–water partition coefficient (Wildman–Crippen LogP) is 3.76. The van der Waals surface area contributed by atoms with Crippen molar-refractivity contribution in [1.82, 2.24) is 9.97 Å². The van der Waals surface area contributed by atoms with E-state index < -0.39 is 0 Å². The van der Waals surface area contributed by atoms with Gasteiger partial charge in [-0.2, -0.15) is 5.26 Å². The van der Waals surface area contributed by atoms with Gasteiger partial charge in [0, 0.05) is 0 Å². The van der Waals surface area contributed by atoms with E-state index in [-0.39, 0.29) is 17.0 Å². The molecule has 0 aliphatic heterocycles. The number of nitrogens with one attached hydrogen (secondary N) is 1. The van der Waals surface area contributed by atoms with Crippen LogP contribution in [0.1, 0.15) is 11.4 Å². The van der Waals surface area contributed by atoms with Crippen LogP contribution in [0, 0.1) is 11.3 Å². The molecular weight excluding hydrogens is 370 g/mol. The van der Waals surface area contributed by atoms with Crippen molar-refractivity contribution in [2.45, 2.75) is 0 Å². The van der Waals surface area contributed by atoms with E-state index in [4.69, 9.17) is 4.74 Å². The van der Waals surface area contributed by atoms with E-state index in [2.05, 4.69) is 32.0 Å². The number of fused-ring (bicyclic) bond motifs is 1. The minimum absolute atomic E-state index is 0.244. The summed E-state index contributed by atoms with van der Waals surface area (Å²) in [6.45, 7) is 0. The van der Waals surface area contributed by atoms with Crippen LogP contribution in [-0.4, -0.2) is 17.1 Å². The number of methoxy groups -OCH3 is 1. The number of nitrogens with zero attached hydrogens (tertiary/aromatic N) is 2. The molecule has 0 spiro atoms. The molecule has 0 fully saturated rings. The SMILES string of the molecule is COc1ccc(C=C(C#N)c2nc3ccccc3c(=O)[nH]2)cc1Br. The average molecular weight is 382 g/mol. The standard InChI is InChI=1S/C18H12BrN3O2/c1-24-16-7-6-11(9-14(16)19)8-12(10-20)17-21-15-5-3-2-4-13(15)18(23)22-17/h2-9H,1H3,(H,21,22,23). The van der Waals surface area contributed by atoms with E-state index in [1.165, 1.54) is 0 Å². The van der Waals surface area contributed by atoms with Gasteiger partial charge in [0.25, 0.3) is 5.56 Å². The van der Waals surface area contributed by atoms with Crippen LogP contribution in [0.4, 0.5) is 0 Å². The molecule has 0 amide bonds. The van der Waals surface area contributed by atoms with Crippen LogP contribution in [0.2, 0.25) is 0 Å². The maximum atomic E-state index is 12.2. The lowest BCUT2D eigenvalue weighted by Crippen LogP contribution is -2.11. The van der Waals surface area contributed by atoms with E-state index in [1.807, 2.05) is 12.1 Å². The minimum Gasteiger partial charge on any atom is -0.496 e. The molecule has 0 unspecified atom stereocenters. The smallest absolute Gasteiger partial charge is 0.259 e. The molecule has 1 heterocycles. The number of hydrogen-bond acceptors (Lipinski definition) is 4. The minimum atomic E-state index is -0.271. The molecule has 118 valence electrons. The van der Waals surface area contributed by atoms with Gasteiger partial charge in [-0.3, -0.25) is 4.79 Å². The second kappa shape index (κ2) is 6.69. The zero-order valence-corrected chi connectivity index (χ0v) is 14.3. The molecule has 5 nitrogen and oxygen atoms in total. The van der Waals surface area contributed by atoms with Crippen molar-refractivity contribution >= 4 is 38.5 Å². The number of benzene rings is 2. The number of allylic oxidation sites excluding steroid dienone is 1. The number of halogens is 1. The van der Waals surface area contributed by atoms with Gasteiger partial charge in [-0.1, -0.05) is 18.2 Å². The molecule has 0 saturated carbocycles. The van der Waals surface area contributed by atoms with Crippen molar-refractivity contribution in [3.63, 3.8) is 0 Å². The first-order chi connectivity index (χ1) is 11.6. The van der Waals surface area contributed by atoms with Gasteiger partial charge in [-0.15, -0.1) is 0 Å². The summed E-state index contributed by atoms with van der Waals surface area (Å²) in [5.41, 5.74) is 1.34. The van der Waals surface area contributed by atoms with E-state index in [9.17, 15) is 10.1 Å². The largest absolute Gasteiger partial charge is 0.496 e. The van der Waals surface area contributed by atoms with E-state index in [0.29, 0.717) is 16.7 Å².